The Morgan fingerprint density at radius 1 is 1.56 bits per heavy atom. The molecular formula is C10H15F2N3O2S. The van der Waals surface area contributed by atoms with Gasteiger partial charge in [0.25, 0.3) is 0 Å². The lowest BCUT2D eigenvalue weighted by Gasteiger charge is -2.21. The van der Waals surface area contributed by atoms with E-state index in [1.807, 2.05) is 0 Å². The minimum Gasteiger partial charge on any atom is -0.277 e. The zero-order valence-electron chi connectivity index (χ0n) is 9.96. The number of sulfonamides is 1. The lowest BCUT2D eigenvalue weighted by molar-refractivity contribution is 0.0654. The Labute approximate surface area is 104 Å². The Bertz CT molecular complexity index is 511. The van der Waals surface area contributed by atoms with Gasteiger partial charge in [0, 0.05) is 18.4 Å². The average molecular weight is 279 g/mol. The number of nitrogens with zero attached hydrogens (tertiary/aromatic N) is 3. The summed E-state index contributed by atoms with van der Waals surface area (Å²) in [6.07, 6.45) is 3.98. The van der Waals surface area contributed by atoms with Gasteiger partial charge in [-0.25, -0.2) is 13.4 Å². The number of hydrogen-bond donors (Lipinski definition) is 0. The van der Waals surface area contributed by atoms with Crippen LogP contribution in [0.25, 0.3) is 0 Å². The van der Waals surface area contributed by atoms with Crippen molar-refractivity contribution in [3.05, 3.63) is 18.2 Å². The maximum atomic E-state index is 12.7. The highest BCUT2D eigenvalue weighted by Gasteiger charge is 2.37. The van der Waals surface area contributed by atoms with E-state index < -0.39 is 16.6 Å². The first kappa shape index (κ1) is 13.4. The molecule has 1 heterocycles. The van der Waals surface area contributed by atoms with Crippen LogP contribution in [0.1, 0.15) is 32.1 Å². The highest BCUT2D eigenvalue weighted by atomic mass is 32.2. The van der Waals surface area contributed by atoms with E-state index >= 15 is 0 Å². The quantitative estimate of drug-likeness (QED) is 0.794. The maximum Gasteiger partial charge on any atom is 0.319 e. The second kappa shape index (κ2) is 4.93. The minimum absolute atomic E-state index is 0.0289. The van der Waals surface area contributed by atoms with Gasteiger partial charge in [0.2, 0.25) is 10.0 Å². The van der Waals surface area contributed by atoms with Crippen molar-refractivity contribution >= 4 is 10.0 Å². The molecule has 1 aromatic rings. The summed E-state index contributed by atoms with van der Waals surface area (Å²) in [6, 6.07) is -0.0576. The number of hydrogen-bond acceptors (Lipinski definition) is 3. The zero-order chi connectivity index (χ0) is 13.3. The fraction of sp³-hybridized carbons (Fsp3) is 0.700. The third-order valence-electron chi connectivity index (χ3n) is 2.93. The van der Waals surface area contributed by atoms with Crippen molar-refractivity contribution in [3.63, 3.8) is 0 Å². The minimum atomic E-state index is -3.38. The largest absolute Gasteiger partial charge is 0.319 e. The van der Waals surface area contributed by atoms with Gasteiger partial charge in [-0.15, -0.1) is 0 Å². The maximum absolute atomic E-state index is 12.7. The number of halogens is 2. The van der Waals surface area contributed by atoms with Gasteiger partial charge in [-0.3, -0.25) is 4.57 Å². The van der Waals surface area contributed by atoms with Crippen LogP contribution in [0.3, 0.4) is 0 Å². The number of imidazole rings is 1. The predicted octanol–water partition coefficient (Wildman–Crippen LogP) is 1.59. The summed E-state index contributed by atoms with van der Waals surface area (Å²) in [6.45, 7) is -1.24. The van der Waals surface area contributed by atoms with Crippen LogP contribution in [0, 0.1) is 0 Å². The molecule has 0 N–H and O–H groups in total. The summed E-state index contributed by atoms with van der Waals surface area (Å²) < 4.78 is 51.1. The van der Waals surface area contributed by atoms with E-state index in [2.05, 4.69) is 4.98 Å². The standard InChI is InChI=1S/C10H15F2N3O2S/c1-2-18(16,17)15(8-3-4-8)7-9-13-5-6-14(9)10(11)12/h5-6,8,10H,2-4,7H2,1H3. The molecule has 1 saturated carbocycles. The van der Waals surface area contributed by atoms with Gasteiger partial charge in [-0.2, -0.15) is 13.1 Å². The Hall–Kier alpha value is -1.02. The van der Waals surface area contributed by atoms with Crippen LogP contribution in [0.5, 0.6) is 0 Å². The monoisotopic (exact) mass is 279 g/mol. The number of aromatic nitrogens is 2. The van der Waals surface area contributed by atoms with Crippen LogP contribution >= 0.6 is 0 Å². The van der Waals surface area contributed by atoms with Crippen LogP contribution in [0.15, 0.2) is 12.4 Å². The van der Waals surface area contributed by atoms with E-state index in [1.54, 1.807) is 6.92 Å². The fourth-order valence-corrected chi connectivity index (χ4v) is 3.08. The Balaban J connectivity index is 2.22. The molecule has 18 heavy (non-hydrogen) atoms. The van der Waals surface area contributed by atoms with Gasteiger partial charge >= 0.3 is 6.55 Å². The molecular weight excluding hydrogens is 264 g/mol. The first-order valence-electron chi connectivity index (χ1n) is 5.75. The summed E-state index contributed by atoms with van der Waals surface area (Å²) in [5.74, 6) is 0.0488. The summed E-state index contributed by atoms with van der Waals surface area (Å²) >= 11 is 0. The third-order valence-corrected chi connectivity index (χ3v) is 4.80. The molecule has 8 heteroatoms. The van der Waals surface area contributed by atoms with Crippen molar-refractivity contribution in [2.24, 2.45) is 0 Å². The molecule has 5 nitrogen and oxygen atoms in total. The summed E-state index contributed by atoms with van der Waals surface area (Å²) in [5, 5.41) is 0. The van der Waals surface area contributed by atoms with Crippen molar-refractivity contribution in [3.8, 4) is 0 Å². The van der Waals surface area contributed by atoms with Gasteiger partial charge in [-0.05, 0) is 19.8 Å². The molecule has 0 unspecified atom stereocenters. The topological polar surface area (TPSA) is 55.2 Å². The molecule has 1 aliphatic carbocycles. The van der Waals surface area contributed by atoms with Crippen molar-refractivity contribution < 1.29 is 17.2 Å². The second-order valence-electron chi connectivity index (χ2n) is 4.21. The molecule has 0 radical (unpaired) electrons. The highest BCUT2D eigenvalue weighted by Crippen LogP contribution is 2.31. The molecule has 0 aromatic carbocycles. The lowest BCUT2D eigenvalue weighted by Crippen LogP contribution is -2.34. The number of alkyl halides is 2. The normalized spacial score (nSPS) is 16.7. The lowest BCUT2D eigenvalue weighted by atomic mass is 10.5. The smallest absolute Gasteiger partial charge is 0.277 e. The Morgan fingerprint density at radius 2 is 2.22 bits per heavy atom. The van der Waals surface area contributed by atoms with Crippen molar-refractivity contribution in [1.29, 1.82) is 0 Å². The van der Waals surface area contributed by atoms with Gasteiger partial charge in [-0.1, -0.05) is 0 Å². The van der Waals surface area contributed by atoms with Crippen LogP contribution in [0.4, 0.5) is 8.78 Å². The first-order valence-corrected chi connectivity index (χ1v) is 7.36. The van der Waals surface area contributed by atoms with E-state index in [9.17, 15) is 17.2 Å². The van der Waals surface area contributed by atoms with Crippen LogP contribution in [-0.2, 0) is 16.6 Å². The second-order valence-corrected chi connectivity index (χ2v) is 6.42. The molecule has 1 fully saturated rings. The molecule has 0 aliphatic heterocycles. The fourth-order valence-electron chi connectivity index (χ4n) is 1.77. The van der Waals surface area contributed by atoms with Gasteiger partial charge < -0.3 is 0 Å². The molecule has 0 amide bonds. The van der Waals surface area contributed by atoms with Crippen molar-refractivity contribution in [2.45, 2.75) is 38.9 Å². The van der Waals surface area contributed by atoms with E-state index in [4.69, 9.17) is 0 Å². The highest BCUT2D eigenvalue weighted by molar-refractivity contribution is 7.89. The molecule has 1 aromatic heterocycles. The Kier molecular flexibility index (Phi) is 3.67. The molecule has 102 valence electrons. The van der Waals surface area contributed by atoms with Gasteiger partial charge in [0.05, 0.1) is 12.3 Å². The van der Waals surface area contributed by atoms with E-state index in [-0.39, 0.29) is 24.2 Å². The summed E-state index contributed by atoms with van der Waals surface area (Å²) in [4.78, 5) is 3.81. The van der Waals surface area contributed by atoms with Gasteiger partial charge in [0.15, 0.2) is 0 Å². The third kappa shape index (κ3) is 2.69. The molecule has 0 saturated heterocycles. The summed E-state index contributed by atoms with van der Waals surface area (Å²) in [5.41, 5.74) is 0. The first-order chi connectivity index (χ1) is 8.45. The number of rotatable bonds is 6. The summed E-state index contributed by atoms with van der Waals surface area (Å²) in [7, 11) is -3.38. The average Bonchev–Trinajstić information content (AvgIpc) is 3.03. The van der Waals surface area contributed by atoms with Crippen molar-refractivity contribution in [1.82, 2.24) is 13.9 Å². The molecule has 1 aliphatic rings. The molecule has 0 bridgehead atoms. The molecule has 2 rings (SSSR count). The van der Waals surface area contributed by atoms with Crippen LogP contribution < -0.4 is 0 Å². The molecule has 0 atom stereocenters. The van der Waals surface area contributed by atoms with E-state index in [0.29, 0.717) is 4.57 Å². The van der Waals surface area contributed by atoms with Crippen molar-refractivity contribution in [2.75, 3.05) is 5.75 Å². The Morgan fingerprint density at radius 3 is 2.72 bits per heavy atom. The SMILES string of the molecule is CCS(=O)(=O)N(Cc1nccn1C(F)F)C1CC1. The van der Waals surface area contributed by atoms with E-state index in [1.165, 1.54) is 10.5 Å². The van der Waals surface area contributed by atoms with Crippen LogP contribution in [-0.4, -0.2) is 34.1 Å². The predicted molar refractivity (Wildman–Crippen MR) is 61.5 cm³/mol. The molecule has 0 spiro atoms. The zero-order valence-corrected chi connectivity index (χ0v) is 10.8. The van der Waals surface area contributed by atoms with E-state index in [0.717, 1.165) is 19.0 Å². The van der Waals surface area contributed by atoms with Crippen LogP contribution in [0.2, 0.25) is 0 Å². The van der Waals surface area contributed by atoms with Gasteiger partial charge in [0.1, 0.15) is 5.82 Å².